The first-order valence-electron chi connectivity index (χ1n) is 9.32. The molecule has 29 heavy (non-hydrogen) atoms. The molecule has 1 N–H and O–H groups in total. The number of hydrogen-bond donors (Lipinski definition) is 1. The van der Waals surface area contributed by atoms with Crippen molar-refractivity contribution in [2.75, 3.05) is 14.2 Å². The number of benzene rings is 2. The lowest BCUT2D eigenvalue weighted by molar-refractivity contribution is -0.142. The predicted octanol–water partition coefficient (Wildman–Crippen LogP) is 3.28. The van der Waals surface area contributed by atoms with Crippen molar-refractivity contribution < 1.29 is 23.9 Å². The van der Waals surface area contributed by atoms with Crippen LogP contribution in [0.1, 0.15) is 52.6 Å². The summed E-state index contributed by atoms with van der Waals surface area (Å²) in [6.07, 6.45) is 0.291. The lowest BCUT2D eigenvalue weighted by atomic mass is 9.86. The molecule has 1 amide bonds. The standard InChI is InChI=1S/C23H27NO5/c1-23(2,3)18-11-9-15(10-12-18)13-19(22(27)29-5)24-20(25)16-7-6-8-17(14-16)21(26)28-4/h6-12,14,19H,13H2,1-5H3,(H,24,25)/t19-/m0/s1. The zero-order valence-electron chi connectivity index (χ0n) is 17.4. The van der Waals surface area contributed by atoms with Gasteiger partial charge in [0.2, 0.25) is 0 Å². The van der Waals surface area contributed by atoms with E-state index < -0.39 is 23.9 Å². The highest BCUT2D eigenvalue weighted by Crippen LogP contribution is 2.22. The fraction of sp³-hybridized carbons (Fsp3) is 0.348. The second-order valence-electron chi connectivity index (χ2n) is 7.77. The maximum Gasteiger partial charge on any atom is 0.337 e. The molecule has 0 aliphatic rings. The van der Waals surface area contributed by atoms with Crippen molar-refractivity contribution in [2.24, 2.45) is 0 Å². The van der Waals surface area contributed by atoms with Crippen LogP contribution in [0.4, 0.5) is 0 Å². The van der Waals surface area contributed by atoms with Crippen LogP contribution in [0.2, 0.25) is 0 Å². The molecule has 0 radical (unpaired) electrons. The van der Waals surface area contributed by atoms with E-state index in [2.05, 4.69) is 30.8 Å². The SMILES string of the molecule is COC(=O)c1cccc(C(=O)N[C@@H](Cc2ccc(C(C)(C)C)cc2)C(=O)OC)c1. The summed E-state index contributed by atoms with van der Waals surface area (Å²) in [6.45, 7) is 6.38. The van der Waals surface area contributed by atoms with Gasteiger partial charge in [-0.3, -0.25) is 4.79 Å². The largest absolute Gasteiger partial charge is 0.467 e. The molecule has 2 rings (SSSR count). The van der Waals surface area contributed by atoms with Crippen molar-refractivity contribution in [3.05, 3.63) is 70.8 Å². The molecule has 0 saturated carbocycles. The third-order valence-corrected chi connectivity index (χ3v) is 4.60. The molecule has 6 heteroatoms. The lowest BCUT2D eigenvalue weighted by Gasteiger charge is -2.20. The molecule has 0 aromatic heterocycles. The lowest BCUT2D eigenvalue weighted by Crippen LogP contribution is -2.43. The van der Waals surface area contributed by atoms with E-state index in [-0.39, 0.29) is 16.5 Å². The zero-order chi connectivity index (χ0) is 21.6. The number of amides is 1. The second-order valence-corrected chi connectivity index (χ2v) is 7.77. The monoisotopic (exact) mass is 397 g/mol. The molecule has 0 aliphatic carbocycles. The smallest absolute Gasteiger partial charge is 0.337 e. The minimum absolute atomic E-state index is 0.0269. The molecule has 0 unspecified atom stereocenters. The summed E-state index contributed by atoms with van der Waals surface area (Å²) in [4.78, 5) is 36.5. The number of hydrogen-bond acceptors (Lipinski definition) is 5. The molecule has 2 aromatic rings. The first kappa shape index (κ1) is 22.1. The summed E-state index contributed by atoms with van der Waals surface area (Å²) in [7, 11) is 2.55. The highest BCUT2D eigenvalue weighted by molar-refractivity contribution is 5.99. The number of methoxy groups -OCH3 is 2. The summed E-state index contributed by atoms with van der Waals surface area (Å²) >= 11 is 0. The van der Waals surface area contributed by atoms with Gasteiger partial charge in [0.25, 0.3) is 5.91 Å². The summed E-state index contributed by atoms with van der Waals surface area (Å²) in [5.74, 6) is -1.55. The maximum absolute atomic E-state index is 12.6. The maximum atomic E-state index is 12.6. The van der Waals surface area contributed by atoms with E-state index in [1.54, 1.807) is 18.2 Å². The number of nitrogens with one attached hydrogen (secondary N) is 1. The molecule has 0 spiro atoms. The van der Waals surface area contributed by atoms with Crippen LogP contribution in [-0.2, 0) is 26.1 Å². The van der Waals surface area contributed by atoms with Crippen LogP contribution < -0.4 is 5.32 Å². The van der Waals surface area contributed by atoms with Gasteiger partial charge in [0.15, 0.2) is 0 Å². The van der Waals surface area contributed by atoms with Crippen LogP contribution in [0.25, 0.3) is 0 Å². The fourth-order valence-corrected chi connectivity index (χ4v) is 2.86. The van der Waals surface area contributed by atoms with Crippen molar-refractivity contribution >= 4 is 17.8 Å². The molecule has 0 bridgehead atoms. The first-order valence-corrected chi connectivity index (χ1v) is 9.32. The quantitative estimate of drug-likeness (QED) is 0.757. The van der Waals surface area contributed by atoms with Gasteiger partial charge in [-0.1, -0.05) is 51.1 Å². The van der Waals surface area contributed by atoms with Crippen molar-refractivity contribution in [3.8, 4) is 0 Å². The zero-order valence-corrected chi connectivity index (χ0v) is 17.4. The fourth-order valence-electron chi connectivity index (χ4n) is 2.86. The molecular formula is C23H27NO5. The highest BCUT2D eigenvalue weighted by atomic mass is 16.5. The minimum atomic E-state index is -0.852. The topological polar surface area (TPSA) is 81.7 Å². The van der Waals surface area contributed by atoms with Crippen molar-refractivity contribution in [2.45, 2.75) is 38.6 Å². The number of ether oxygens (including phenoxy) is 2. The Morgan fingerprint density at radius 2 is 1.55 bits per heavy atom. The Morgan fingerprint density at radius 1 is 0.931 bits per heavy atom. The van der Waals surface area contributed by atoms with Gasteiger partial charge >= 0.3 is 11.9 Å². The van der Waals surface area contributed by atoms with Gasteiger partial charge in [-0.2, -0.15) is 0 Å². The Morgan fingerprint density at radius 3 is 2.10 bits per heavy atom. The second kappa shape index (κ2) is 9.37. The average molecular weight is 397 g/mol. The van der Waals surface area contributed by atoms with Crippen LogP contribution in [-0.4, -0.2) is 38.1 Å². The number of esters is 2. The molecule has 2 aromatic carbocycles. The van der Waals surface area contributed by atoms with E-state index in [0.29, 0.717) is 6.42 Å². The van der Waals surface area contributed by atoms with E-state index >= 15 is 0 Å². The summed E-state index contributed by atoms with van der Waals surface area (Å²) in [5.41, 5.74) is 2.62. The van der Waals surface area contributed by atoms with Gasteiger partial charge in [-0.05, 0) is 34.7 Å². The average Bonchev–Trinajstić information content (AvgIpc) is 2.71. The van der Waals surface area contributed by atoms with Crippen LogP contribution in [0.3, 0.4) is 0 Å². The highest BCUT2D eigenvalue weighted by Gasteiger charge is 2.23. The number of carbonyl (C=O) groups excluding carboxylic acids is 3. The van der Waals surface area contributed by atoms with E-state index in [1.807, 2.05) is 24.3 Å². The first-order chi connectivity index (χ1) is 13.7. The van der Waals surface area contributed by atoms with Crippen LogP contribution in [0.15, 0.2) is 48.5 Å². The van der Waals surface area contributed by atoms with E-state index in [4.69, 9.17) is 4.74 Å². The molecule has 0 fully saturated rings. The third-order valence-electron chi connectivity index (χ3n) is 4.60. The molecule has 1 atom stereocenters. The van der Waals surface area contributed by atoms with Gasteiger partial charge in [0, 0.05) is 12.0 Å². The molecule has 0 heterocycles. The van der Waals surface area contributed by atoms with E-state index in [0.717, 1.165) is 5.56 Å². The Hall–Kier alpha value is -3.15. The van der Waals surface area contributed by atoms with Crippen molar-refractivity contribution in [1.82, 2.24) is 5.32 Å². The van der Waals surface area contributed by atoms with Gasteiger partial charge in [0.1, 0.15) is 6.04 Å². The van der Waals surface area contributed by atoms with E-state index in [1.165, 1.54) is 25.8 Å². The number of rotatable bonds is 6. The van der Waals surface area contributed by atoms with E-state index in [9.17, 15) is 14.4 Å². The Kier molecular flexibility index (Phi) is 7.15. The molecule has 154 valence electrons. The third kappa shape index (κ3) is 5.91. The molecule has 0 aliphatic heterocycles. The molecule has 6 nitrogen and oxygen atoms in total. The van der Waals surface area contributed by atoms with Crippen molar-refractivity contribution in [1.29, 1.82) is 0 Å². The Labute approximate surface area is 171 Å². The van der Waals surface area contributed by atoms with Crippen LogP contribution >= 0.6 is 0 Å². The van der Waals surface area contributed by atoms with Gasteiger partial charge in [-0.25, -0.2) is 9.59 Å². The Balaban J connectivity index is 2.18. The summed E-state index contributed by atoms with van der Waals surface area (Å²) < 4.78 is 9.53. The molecular weight excluding hydrogens is 370 g/mol. The van der Waals surface area contributed by atoms with Crippen molar-refractivity contribution in [3.63, 3.8) is 0 Å². The van der Waals surface area contributed by atoms with Crippen LogP contribution in [0.5, 0.6) is 0 Å². The minimum Gasteiger partial charge on any atom is -0.467 e. The summed E-state index contributed by atoms with van der Waals surface area (Å²) in [6, 6.07) is 13.2. The summed E-state index contributed by atoms with van der Waals surface area (Å²) in [5, 5.41) is 2.70. The Bertz CT molecular complexity index is 881. The number of carbonyl (C=O) groups is 3. The van der Waals surface area contributed by atoms with Gasteiger partial charge in [-0.15, -0.1) is 0 Å². The van der Waals surface area contributed by atoms with Gasteiger partial charge in [0.05, 0.1) is 19.8 Å². The molecule has 0 saturated heterocycles. The predicted molar refractivity (Wildman–Crippen MR) is 110 cm³/mol. The van der Waals surface area contributed by atoms with Gasteiger partial charge < -0.3 is 14.8 Å². The van der Waals surface area contributed by atoms with Crippen LogP contribution in [0, 0.1) is 0 Å². The normalized spacial score (nSPS) is 12.0.